The van der Waals surface area contributed by atoms with Gasteiger partial charge in [0.25, 0.3) is 0 Å². The molecule has 0 radical (unpaired) electrons. The van der Waals surface area contributed by atoms with Gasteiger partial charge in [0.2, 0.25) is 0 Å². The SMILES string of the molecule is OC(CN1C=NNN1)(c1ccc(F)cc1F)C(F)(F)c1ccc(Oc2cccc(Cl)c2)cn1. The molecular weight excluding hydrogens is 466 g/mol. The van der Waals surface area contributed by atoms with Crippen LogP contribution < -0.4 is 15.8 Å². The van der Waals surface area contributed by atoms with Gasteiger partial charge in [-0.2, -0.15) is 13.9 Å². The lowest BCUT2D eigenvalue weighted by molar-refractivity contribution is -0.206. The topological polar surface area (TPSA) is 82.0 Å². The van der Waals surface area contributed by atoms with Crippen molar-refractivity contribution in [2.24, 2.45) is 5.10 Å². The van der Waals surface area contributed by atoms with Gasteiger partial charge in [0.15, 0.2) is 5.60 Å². The molecule has 0 aliphatic carbocycles. The van der Waals surface area contributed by atoms with Gasteiger partial charge < -0.3 is 9.84 Å². The highest BCUT2D eigenvalue weighted by molar-refractivity contribution is 6.30. The van der Waals surface area contributed by atoms with Crippen molar-refractivity contribution >= 4 is 17.9 Å². The quantitative estimate of drug-likeness (QED) is 0.442. The van der Waals surface area contributed by atoms with Gasteiger partial charge in [-0.25, -0.2) is 14.3 Å². The second-order valence-corrected chi connectivity index (χ2v) is 7.53. The Labute approximate surface area is 190 Å². The summed E-state index contributed by atoms with van der Waals surface area (Å²) < 4.78 is 64.9. The number of nitrogens with one attached hydrogen (secondary N) is 2. The van der Waals surface area contributed by atoms with E-state index >= 15 is 8.78 Å². The number of ether oxygens (including phenoxy) is 1. The number of β-amino-alcohol motifs (C(OH)–C–C–N with tert-alkyl or cyclic N) is 1. The Morgan fingerprint density at radius 2 is 1.88 bits per heavy atom. The van der Waals surface area contributed by atoms with Crippen molar-refractivity contribution < 1.29 is 27.4 Å². The number of pyridine rings is 1. The summed E-state index contributed by atoms with van der Waals surface area (Å²) in [6.45, 7) is -0.860. The van der Waals surface area contributed by atoms with Crippen LogP contribution in [0.25, 0.3) is 0 Å². The Balaban J connectivity index is 1.68. The molecule has 0 bridgehead atoms. The van der Waals surface area contributed by atoms with Crippen molar-refractivity contribution in [2.45, 2.75) is 11.5 Å². The van der Waals surface area contributed by atoms with Gasteiger partial charge in [-0.1, -0.05) is 17.7 Å². The molecule has 4 rings (SSSR count). The lowest BCUT2D eigenvalue weighted by Gasteiger charge is -2.38. The van der Waals surface area contributed by atoms with Crippen LogP contribution in [0.3, 0.4) is 0 Å². The zero-order chi connectivity index (χ0) is 23.6. The molecule has 0 spiro atoms. The van der Waals surface area contributed by atoms with E-state index in [4.69, 9.17) is 16.3 Å². The third kappa shape index (κ3) is 4.56. The van der Waals surface area contributed by atoms with Crippen LogP contribution in [-0.2, 0) is 11.5 Å². The Kier molecular flexibility index (Phi) is 6.11. The molecule has 3 aromatic rings. The summed E-state index contributed by atoms with van der Waals surface area (Å²) in [4.78, 5) is 3.73. The molecule has 1 aromatic heterocycles. The second kappa shape index (κ2) is 8.85. The van der Waals surface area contributed by atoms with E-state index in [1.54, 1.807) is 18.2 Å². The fourth-order valence-corrected chi connectivity index (χ4v) is 3.41. The van der Waals surface area contributed by atoms with E-state index in [9.17, 15) is 13.9 Å². The summed E-state index contributed by atoms with van der Waals surface area (Å²) in [7, 11) is 0. The van der Waals surface area contributed by atoms with Crippen molar-refractivity contribution in [3.63, 3.8) is 0 Å². The Morgan fingerprint density at radius 3 is 2.52 bits per heavy atom. The first-order valence-corrected chi connectivity index (χ1v) is 9.83. The number of halogens is 5. The molecule has 0 saturated carbocycles. The highest BCUT2D eigenvalue weighted by Crippen LogP contribution is 2.46. The molecule has 1 aliphatic heterocycles. The molecule has 0 amide bonds. The molecule has 0 fully saturated rings. The molecule has 12 heteroatoms. The minimum Gasteiger partial charge on any atom is -0.456 e. The number of nitrogens with zero attached hydrogens (tertiary/aromatic N) is 3. The highest BCUT2D eigenvalue weighted by atomic mass is 35.5. The van der Waals surface area contributed by atoms with Crippen LogP contribution in [0.2, 0.25) is 5.02 Å². The number of hydrazone groups is 1. The molecule has 1 atom stereocenters. The first kappa shape index (κ1) is 22.8. The van der Waals surface area contributed by atoms with E-state index in [2.05, 4.69) is 21.2 Å². The zero-order valence-electron chi connectivity index (χ0n) is 16.6. The first-order chi connectivity index (χ1) is 15.7. The molecule has 0 saturated heterocycles. The number of hydrogen-bond donors (Lipinski definition) is 3. The van der Waals surface area contributed by atoms with Crippen molar-refractivity contribution in [3.05, 3.63) is 88.7 Å². The van der Waals surface area contributed by atoms with Gasteiger partial charge >= 0.3 is 5.92 Å². The number of aromatic nitrogens is 1. The van der Waals surface area contributed by atoms with Crippen LogP contribution in [0.4, 0.5) is 17.6 Å². The van der Waals surface area contributed by atoms with Gasteiger partial charge in [-0.15, -0.1) is 5.53 Å². The Morgan fingerprint density at radius 1 is 1.06 bits per heavy atom. The highest BCUT2D eigenvalue weighted by Gasteiger charge is 2.58. The number of rotatable bonds is 7. The van der Waals surface area contributed by atoms with Crippen LogP contribution in [-0.4, -0.2) is 28.0 Å². The van der Waals surface area contributed by atoms with Crippen LogP contribution in [0.5, 0.6) is 11.5 Å². The van der Waals surface area contributed by atoms with E-state index in [-0.39, 0.29) is 5.75 Å². The maximum atomic E-state index is 15.7. The largest absolute Gasteiger partial charge is 0.456 e. The number of benzene rings is 2. The van der Waals surface area contributed by atoms with Crippen molar-refractivity contribution in [1.82, 2.24) is 21.1 Å². The van der Waals surface area contributed by atoms with Gasteiger partial charge in [0.05, 0.1) is 12.7 Å². The molecule has 2 aromatic carbocycles. The first-order valence-electron chi connectivity index (χ1n) is 9.45. The molecule has 2 heterocycles. The van der Waals surface area contributed by atoms with E-state index < -0.39 is 41.0 Å². The van der Waals surface area contributed by atoms with E-state index in [1.807, 2.05) is 0 Å². The number of alkyl halides is 2. The van der Waals surface area contributed by atoms with Crippen LogP contribution in [0.15, 0.2) is 65.9 Å². The van der Waals surface area contributed by atoms with Gasteiger partial charge in [0.1, 0.15) is 35.2 Å². The Hall–Kier alpha value is -3.41. The fraction of sp³-hybridized carbons (Fsp3) is 0.143. The van der Waals surface area contributed by atoms with Gasteiger partial charge in [-0.3, -0.25) is 9.99 Å². The fourth-order valence-electron chi connectivity index (χ4n) is 3.23. The number of aliphatic hydroxyl groups is 1. The van der Waals surface area contributed by atoms with Crippen LogP contribution >= 0.6 is 11.6 Å². The number of hydrazine groups is 2. The monoisotopic (exact) mass is 481 g/mol. The molecule has 7 nitrogen and oxygen atoms in total. The average Bonchev–Trinajstić information content (AvgIpc) is 3.27. The minimum atomic E-state index is -4.13. The smallest absolute Gasteiger partial charge is 0.323 e. The van der Waals surface area contributed by atoms with E-state index in [0.717, 1.165) is 35.7 Å². The van der Waals surface area contributed by atoms with Crippen molar-refractivity contribution in [2.75, 3.05) is 6.54 Å². The molecular formula is C21H16ClF4N5O2. The van der Waals surface area contributed by atoms with Crippen molar-refractivity contribution in [1.29, 1.82) is 0 Å². The van der Waals surface area contributed by atoms with Crippen LogP contribution in [0.1, 0.15) is 11.3 Å². The van der Waals surface area contributed by atoms with Gasteiger partial charge in [-0.05, 0) is 42.5 Å². The third-order valence-corrected chi connectivity index (χ3v) is 5.08. The normalized spacial score (nSPS) is 15.3. The Bertz CT molecular complexity index is 1180. The lowest BCUT2D eigenvalue weighted by Crippen LogP contribution is -2.54. The lowest BCUT2D eigenvalue weighted by atomic mass is 9.84. The summed E-state index contributed by atoms with van der Waals surface area (Å²) >= 11 is 5.90. The van der Waals surface area contributed by atoms with E-state index in [0.29, 0.717) is 16.8 Å². The average molecular weight is 482 g/mol. The minimum absolute atomic E-state index is 0.130. The molecule has 3 N–H and O–H groups in total. The maximum absolute atomic E-state index is 15.7. The number of hydrogen-bond acceptors (Lipinski definition) is 7. The standard InChI is InChI=1S/C21H16ClF4N5O2/c22-13-2-1-3-15(8-13)33-16-5-7-19(27-10-16)21(25,26)20(32,11-31-12-28-29-30-31)17-6-4-14(23)9-18(17)24/h1-10,12,29-30,32H,11H2. The summed E-state index contributed by atoms with van der Waals surface area (Å²) in [5.41, 5.74) is -0.168. The summed E-state index contributed by atoms with van der Waals surface area (Å²) in [5, 5.41) is 16.1. The summed E-state index contributed by atoms with van der Waals surface area (Å²) in [6.07, 6.45) is 2.11. The third-order valence-electron chi connectivity index (χ3n) is 4.84. The molecule has 1 aliphatic rings. The van der Waals surface area contributed by atoms with E-state index in [1.165, 1.54) is 12.1 Å². The zero-order valence-corrected chi connectivity index (χ0v) is 17.4. The molecule has 1 unspecified atom stereocenters. The predicted octanol–water partition coefficient (Wildman–Crippen LogP) is 4.05. The second-order valence-electron chi connectivity index (χ2n) is 7.09. The summed E-state index contributed by atoms with van der Waals surface area (Å²) in [5.74, 6) is -5.96. The molecule has 172 valence electrons. The van der Waals surface area contributed by atoms with Crippen LogP contribution in [0, 0.1) is 11.6 Å². The summed E-state index contributed by atoms with van der Waals surface area (Å²) in [6, 6.07) is 10.5. The van der Waals surface area contributed by atoms with Crippen molar-refractivity contribution in [3.8, 4) is 11.5 Å². The predicted molar refractivity (Wildman–Crippen MR) is 111 cm³/mol. The maximum Gasteiger partial charge on any atom is 0.323 e. The van der Waals surface area contributed by atoms with Gasteiger partial charge in [0, 0.05) is 16.7 Å². The molecule has 33 heavy (non-hydrogen) atoms.